The minimum absolute atomic E-state index is 0.0682. The van der Waals surface area contributed by atoms with Crippen LogP contribution in [-0.2, 0) is 0 Å². The number of rotatable bonds is 3. The van der Waals surface area contributed by atoms with Crippen LogP contribution in [0.3, 0.4) is 0 Å². The molecule has 1 unspecified atom stereocenters. The molecule has 0 aliphatic heterocycles. The van der Waals surface area contributed by atoms with E-state index in [2.05, 4.69) is 34.8 Å². The minimum Gasteiger partial charge on any atom is -0.188 e. The van der Waals surface area contributed by atoms with Crippen molar-refractivity contribution in [3.63, 3.8) is 0 Å². The molecule has 0 aliphatic rings. The Hall–Kier alpha value is -3.40. The molecular weight excluding hydrogens is 304 g/mol. The van der Waals surface area contributed by atoms with Gasteiger partial charge in [-0.2, -0.15) is 9.98 Å². The predicted octanol–water partition coefficient (Wildman–Crippen LogP) is 5.98. The number of benzene rings is 3. The lowest BCUT2D eigenvalue weighted by atomic mass is 9.99. The standard InChI is InChI=1S/C23H18N2/c1-19(16-17-20-10-4-2-5-11-20)22-14-8-9-15-23(22)25-18-24-21-12-6-3-7-13-21/h2-15,19H,1H3. The monoisotopic (exact) mass is 322 g/mol. The summed E-state index contributed by atoms with van der Waals surface area (Å²) in [7, 11) is 0. The highest BCUT2D eigenvalue weighted by atomic mass is 14.8. The van der Waals surface area contributed by atoms with Gasteiger partial charge in [0.1, 0.15) is 6.01 Å². The Kier molecular flexibility index (Phi) is 5.56. The maximum atomic E-state index is 4.39. The third kappa shape index (κ3) is 4.78. The third-order valence-electron chi connectivity index (χ3n) is 3.72. The van der Waals surface area contributed by atoms with E-state index in [0.717, 1.165) is 22.5 Å². The first-order valence-electron chi connectivity index (χ1n) is 8.20. The molecule has 0 aromatic heterocycles. The second-order valence-corrected chi connectivity index (χ2v) is 5.58. The van der Waals surface area contributed by atoms with Crippen LogP contribution >= 0.6 is 0 Å². The molecule has 3 rings (SSSR count). The first kappa shape index (κ1) is 16.5. The normalized spacial score (nSPS) is 10.8. The molecule has 0 radical (unpaired) electrons. The molecule has 0 heterocycles. The second kappa shape index (κ2) is 8.45. The van der Waals surface area contributed by atoms with Crippen molar-refractivity contribution in [1.82, 2.24) is 0 Å². The van der Waals surface area contributed by atoms with Crippen molar-refractivity contribution in [3.8, 4) is 11.8 Å². The van der Waals surface area contributed by atoms with Crippen LogP contribution in [0, 0.1) is 11.8 Å². The number of aliphatic imine (C=N–C) groups is 2. The number of hydrogen-bond acceptors (Lipinski definition) is 2. The summed E-state index contributed by atoms with van der Waals surface area (Å²) in [6, 6.07) is 30.4. The largest absolute Gasteiger partial charge is 0.188 e. The molecule has 0 amide bonds. The lowest BCUT2D eigenvalue weighted by molar-refractivity contribution is 1.00. The average molecular weight is 322 g/mol. The summed E-state index contributed by atoms with van der Waals surface area (Å²) in [5.41, 5.74) is 3.76. The zero-order valence-electron chi connectivity index (χ0n) is 14.1. The first-order valence-corrected chi connectivity index (χ1v) is 8.20. The molecule has 0 saturated carbocycles. The SMILES string of the molecule is CC(C#Cc1ccccc1)c1ccccc1N=C=Nc1ccccc1. The van der Waals surface area contributed by atoms with E-state index in [1.165, 1.54) is 0 Å². The van der Waals surface area contributed by atoms with Crippen LogP contribution < -0.4 is 0 Å². The molecule has 0 spiro atoms. The lowest BCUT2D eigenvalue weighted by Gasteiger charge is -2.07. The molecule has 2 heteroatoms. The maximum absolute atomic E-state index is 4.39. The lowest BCUT2D eigenvalue weighted by Crippen LogP contribution is -1.90. The van der Waals surface area contributed by atoms with Gasteiger partial charge in [0.2, 0.25) is 0 Å². The number of nitrogens with zero attached hydrogens (tertiary/aromatic N) is 2. The summed E-state index contributed by atoms with van der Waals surface area (Å²) >= 11 is 0. The van der Waals surface area contributed by atoms with Gasteiger partial charge in [0, 0.05) is 11.5 Å². The Morgan fingerprint density at radius 2 is 1.36 bits per heavy atom. The predicted molar refractivity (Wildman–Crippen MR) is 104 cm³/mol. The molecule has 0 fully saturated rings. The van der Waals surface area contributed by atoms with Crippen LogP contribution in [0.5, 0.6) is 0 Å². The van der Waals surface area contributed by atoms with Crippen LogP contribution in [0.25, 0.3) is 0 Å². The second-order valence-electron chi connectivity index (χ2n) is 5.58. The molecule has 2 nitrogen and oxygen atoms in total. The summed E-state index contributed by atoms with van der Waals surface area (Å²) in [5, 5.41) is 0. The van der Waals surface area contributed by atoms with E-state index < -0.39 is 0 Å². The maximum Gasteiger partial charge on any atom is 0.100 e. The van der Waals surface area contributed by atoms with Gasteiger partial charge in [0.15, 0.2) is 0 Å². The van der Waals surface area contributed by atoms with Gasteiger partial charge < -0.3 is 0 Å². The quantitative estimate of drug-likeness (QED) is 0.419. The molecule has 120 valence electrons. The van der Waals surface area contributed by atoms with Gasteiger partial charge in [-0.25, -0.2) is 0 Å². The summed E-state index contributed by atoms with van der Waals surface area (Å²) in [6.45, 7) is 2.08. The molecule has 25 heavy (non-hydrogen) atoms. The average Bonchev–Trinajstić information content (AvgIpc) is 2.68. The zero-order chi connectivity index (χ0) is 17.3. The van der Waals surface area contributed by atoms with Gasteiger partial charge in [-0.15, -0.1) is 0 Å². The van der Waals surface area contributed by atoms with Crippen LogP contribution in [0.15, 0.2) is 94.9 Å². The van der Waals surface area contributed by atoms with Crippen molar-refractivity contribution in [3.05, 3.63) is 96.1 Å². The first-order chi connectivity index (χ1) is 12.3. The minimum atomic E-state index is 0.0682. The van der Waals surface area contributed by atoms with E-state index in [0.29, 0.717) is 0 Å². The molecule has 0 bridgehead atoms. The van der Waals surface area contributed by atoms with Crippen molar-refractivity contribution >= 4 is 17.4 Å². The van der Waals surface area contributed by atoms with Crippen LogP contribution in [-0.4, -0.2) is 6.01 Å². The Bertz CT molecular complexity index is 941. The molecular formula is C23H18N2. The van der Waals surface area contributed by atoms with E-state index in [-0.39, 0.29) is 5.92 Å². The number of para-hydroxylation sites is 2. The highest BCUT2D eigenvalue weighted by Gasteiger charge is 2.06. The van der Waals surface area contributed by atoms with Gasteiger partial charge in [0.05, 0.1) is 11.4 Å². The Labute approximate surface area is 148 Å². The molecule has 0 saturated heterocycles. The van der Waals surface area contributed by atoms with Gasteiger partial charge in [-0.05, 0) is 42.8 Å². The van der Waals surface area contributed by atoms with E-state index in [4.69, 9.17) is 0 Å². The Morgan fingerprint density at radius 3 is 2.12 bits per heavy atom. The fourth-order valence-corrected chi connectivity index (χ4v) is 2.39. The van der Waals surface area contributed by atoms with Crippen molar-refractivity contribution in [2.75, 3.05) is 0 Å². The summed E-state index contributed by atoms with van der Waals surface area (Å²) in [6.07, 6.45) is 0. The van der Waals surface area contributed by atoms with E-state index >= 15 is 0 Å². The van der Waals surface area contributed by atoms with Crippen LogP contribution in [0.2, 0.25) is 0 Å². The molecule has 3 aromatic carbocycles. The molecule has 0 N–H and O–H groups in total. The third-order valence-corrected chi connectivity index (χ3v) is 3.72. The van der Waals surface area contributed by atoms with Crippen molar-refractivity contribution < 1.29 is 0 Å². The fourth-order valence-electron chi connectivity index (χ4n) is 2.39. The Balaban J connectivity index is 1.84. The molecule has 0 aliphatic carbocycles. The molecule has 3 aromatic rings. The van der Waals surface area contributed by atoms with Crippen molar-refractivity contribution in [1.29, 1.82) is 0 Å². The van der Waals surface area contributed by atoms with Crippen molar-refractivity contribution in [2.24, 2.45) is 9.98 Å². The highest BCUT2D eigenvalue weighted by Crippen LogP contribution is 2.26. The zero-order valence-corrected chi connectivity index (χ0v) is 14.1. The van der Waals surface area contributed by atoms with Crippen LogP contribution in [0.1, 0.15) is 24.0 Å². The summed E-state index contributed by atoms with van der Waals surface area (Å²) in [5.74, 6) is 6.58. The van der Waals surface area contributed by atoms with Gasteiger partial charge in [-0.1, -0.05) is 66.4 Å². The van der Waals surface area contributed by atoms with E-state index in [9.17, 15) is 0 Å². The van der Waals surface area contributed by atoms with Gasteiger partial charge in [-0.3, -0.25) is 0 Å². The molecule has 1 atom stereocenters. The topological polar surface area (TPSA) is 24.7 Å². The van der Waals surface area contributed by atoms with Crippen LogP contribution in [0.4, 0.5) is 11.4 Å². The summed E-state index contributed by atoms with van der Waals surface area (Å²) < 4.78 is 0. The van der Waals surface area contributed by atoms with E-state index in [1.807, 2.05) is 84.9 Å². The summed E-state index contributed by atoms with van der Waals surface area (Å²) in [4.78, 5) is 8.64. The van der Waals surface area contributed by atoms with E-state index in [1.54, 1.807) is 0 Å². The van der Waals surface area contributed by atoms with Crippen molar-refractivity contribution in [2.45, 2.75) is 12.8 Å². The Morgan fingerprint density at radius 1 is 0.720 bits per heavy atom. The smallest absolute Gasteiger partial charge is 0.100 e. The fraction of sp³-hybridized carbons (Fsp3) is 0.0870. The van der Waals surface area contributed by atoms with Gasteiger partial charge in [0.25, 0.3) is 0 Å². The van der Waals surface area contributed by atoms with Gasteiger partial charge >= 0.3 is 0 Å². The highest BCUT2D eigenvalue weighted by molar-refractivity contribution is 5.61. The number of hydrogen-bond donors (Lipinski definition) is 0.